The summed E-state index contributed by atoms with van der Waals surface area (Å²) >= 11 is 1.39. The van der Waals surface area contributed by atoms with Crippen molar-refractivity contribution in [1.29, 1.82) is 0 Å². The molecule has 12 rings (SSSR count). The number of nitrogens with two attached hydrogens (primary N) is 1. The number of fused-ring (bicyclic) bond motifs is 2. The first-order valence-corrected chi connectivity index (χ1v) is 37.8. The van der Waals surface area contributed by atoms with Crippen LogP contribution in [0.4, 0.5) is 20.4 Å². The number of hydrogen-bond acceptors (Lipinski definition) is 22. The quantitative estimate of drug-likeness (QED) is 0.00855. The van der Waals surface area contributed by atoms with Gasteiger partial charge >= 0.3 is 24.1 Å². The molecule has 3 aliphatic heterocycles. The van der Waals surface area contributed by atoms with Gasteiger partial charge in [0.2, 0.25) is 18.1 Å². The van der Waals surface area contributed by atoms with E-state index in [0.29, 0.717) is 83.3 Å². The average Bonchev–Trinajstić information content (AvgIpc) is 0.838. The van der Waals surface area contributed by atoms with E-state index in [-0.39, 0.29) is 111 Å². The van der Waals surface area contributed by atoms with Crippen LogP contribution in [0.3, 0.4) is 0 Å². The first kappa shape index (κ1) is 77.7. The molecule has 2 unspecified atom stereocenters. The van der Waals surface area contributed by atoms with E-state index in [1.54, 1.807) is 36.2 Å². The number of ether oxygens (including phenoxy) is 6. The Kier molecular flexibility index (Phi) is 24.3. The highest BCUT2D eigenvalue weighted by molar-refractivity contribution is 7.85. The van der Waals surface area contributed by atoms with Crippen LogP contribution in [0.5, 0.6) is 11.5 Å². The number of carboxylic acids is 2. The normalized spacial score (nSPS) is 23.7. The number of aliphatic imine (C=N–C) groups is 1. The van der Waals surface area contributed by atoms with Crippen LogP contribution in [0.25, 0.3) is 27.0 Å². The van der Waals surface area contributed by atoms with E-state index < -0.39 is 87.7 Å². The molecule has 4 aliphatic carbocycles. The van der Waals surface area contributed by atoms with Gasteiger partial charge in [0.25, 0.3) is 21.9 Å². The van der Waals surface area contributed by atoms with Crippen molar-refractivity contribution in [2.75, 3.05) is 82.2 Å². The Balaban J connectivity index is 0.679. The fourth-order valence-electron chi connectivity index (χ4n) is 16.5. The zero-order chi connectivity index (χ0) is 75.7. The Bertz CT molecular complexity index is 4320. The number of aliphatic hydroxyl groups excluding tert-OH is 1. The summed E-state index contributed by atoms with van der Waals surface area (Å²) in [6, 6.07) is 19.5. The molecule has 0 radical (unpaired) electrons. The number of unbranched alkanes of at least 4 members (excludes halogenated alkanes) is 2. The zero-order valence-electron chi connectivity index (χ0n) is 59.5. The van der Waals surface area contributed by atoms with Gasteiger partial charge in [0.15, 0.2) is 16.9 Å². The standard InChI is InChI=1S/C74H90N10O20S2/c1-45(52(35-75)51-19-20-53(79-64(51)67(92)93)47-16-15-46-11-10-25-83(56(46)31-47)69(94)81-68-80-54-12-7-8-13-59(54)105-68)77-44-73-39-71(2)38-72(3,40-73)42-74(41-71,43-73)102-28-26-82(4)70(95)101-36-48-17-18-50(103-63-33-49(85)32-58(104-63)66(90)91)34-57(48)100-30-29-99-27-23-76-65(89)55(37-106(96,97)98)78-60(86)14-6-5-9-24-84-61(87)21-22-62(84)88/h7-8,12-13,15-22,31,34-35,49,55,58,63,85H,5-6,9-11,14,23-30,32-33,36-44,75H2,1-4H3,(H,76,89)(H,78,86)(H,90,91)(H,92,93)(H,80,81,94)(H,96,97,98)/t49-,55-,58-,63+,71?,72?,73?,74?/m0/s1. The Labute approximate surface area is 616 Å². The highest BCUT2D eigenvalue weighted by Gasteiger charge is 2.66. The molecule has 30 nitrogen and oxygen atoms in total. The second-order valence-corrected chi connectivity index (χ2v) is 31.6. The van der Waals surface area contributed by atoms with Crippen molar-refractivity contribution >= 4 is 101 Å². The van der Waals surface area contributed by atoms with E-state index in [2.05, 4.69) is 34.8 Å². The summed E-state index contributed by atoms with van der Waals surface area (Å²) in [5, 5.41) is 39.0. The maximum absolute atomic E-state index is 13.8. The number of para-hydroxylation sites is 1. The van der Waals surface area contributed by atoms with E-state index in [4.69, 9.17) is 44.1 Å². The molecule has 4 saturated carbocycles. The Morgan fingerprint density at radius 1 is 0.896 bits per heavy atom. The smallest absolute Gasteiger partial charge is 0.409 e. The van der Waals surface area contributed by atoms with Crippen molar-refractivity contribution in [3.63, 3.8) is 0 Å². The minimum atomic E-state index is -4.72. The Morgan fingerprint density at radius 3 is 2.39 bits per heavy atom. The van der Waals surface area contributed by atoms with E-state index in [9.17, 15) is 66.6 Å². The van der Waals surface area contributed by atoms with Crippen molar-refractivity contribution in [2.24, 2.45) is 27.0 Å². The van der Waals surface area contributed by atoms with Crippen LogP contribution < -0.4 is 36.1 Å². The minimum absolute atomic E-state index is 0.0232. The largest absolute Gasteiger partial charge is 0.491 e. The summed E-state index contributed by atoms with van der Waals surface area (Å²) in [6.45, 7) is 7.20. The maximum Gasteiger partial charge on any atom is 0.409 e. The van der Waals surface area contributed by atoms with Gasteiger partial charge in [-0.3, -0.25) is 43.8 Å². The lowest BCUT2D eigenvalue weighted by atomic mass is 9.39. The van der Waals surface area contributed by atoms with Crippen LogP contribution in [0.1, 0.15) is 131 Å². The third kappa shape index (κ3) is 19.4. The average molecular weight is 1500 g/mol. The van der Waals surface area contributed by atoms with Crippen LogP contribution in [-0.4, -0.2) is 204 Å². The van der Waals surface area contributed by atoms with Crippen molar-refractivity contribution in [3.8, 4) is 22.8 Å². The maximum atomic E-state index is 13.8. The number of carboxylic acid groups (broad SMARTS) is 2. The van der Waals surface area contributed by atoms with Crippen LogP contribution in [0.15, 0.2) is 96.1 Å². The number of aromatic nitrogens is 2. The lowest BCUT2D eigenvalue weighted by Gasteiger charge is -2.69. The van der Waals surface area contributed by atoms with E-state index in [1.165, 1.54) is 40.7 Å². The van der Waals surface area contributed by atoms with Crippen molar-refractivity contribution in [1.82, 2.24) is 30.4 Å². The molecule has 5 aromatic rings. The predicted octanol–water partition coefficient (Wildman–Crippen LogP) is 7.91. The fourth-order valence-corrected chi connectivity index (χ4v) is 18.0. The second kappa shape index (κ2) is 33.1. The number of urea groups is 1. The molecule has 7 aliphatic rings. The summed E-state index contributed by atoms with van der Waals surface area (Å²) < 4.78 is 70.3. The van der Waals surface area contributed by atoms with E-state index in [0.717, 1.165) is 65.6 Å². The first-order chi connectivity index (χ1) is 50.5. The molecule has 6 atom stereocenters. The number of benzene rings is 3. The molecule has 5 fully saturated rings. The third-order valence-corrected chi connectivity index (χ3v) is 21.8. The van der Waals surface area contributed by atoms with Gasteiger partial charge in [-0.05, 0) is 135 Å². The highest BCUT2D eigenvalue weighted by Crippen LogP contribution is 2.71. The van der Waals surface area contributed by atoms with Gasteiger partial charge in [0.1, 0.15) is 36.5 Å². The highest BCUT2D eigenvalue weighted by atomic mass is 32.2. The predicted molar refractivity (Wildman–Crippen MR) is 390 cm³/mol. The van der Waals surface area contributed by atoms with E-state index in [1.807, 2.05) is 49.4 Å². The summed E-state index contributed by atoms with van der Waals surface area (Å²) in [5.41, 5.74) is 10.4. The van der Waals surface area contributed by atoms with Gasteiger partial charge in [-0.25, -0.2) is 29.1 Å². The molecule has 2 aromatic heterocycles. The number of hydrogen-bond donors (Lipinski definition) is 8. The molecule has 3 aromatic carbocycles. The lowest BCUT2D eigenvalue weighted by Crippen LogP contribution is -2.64. The SMILES string of the molecule is CC(=NCC12CC3(C)CC(C)(C1)CC(OCCN(C)C(=O)OCc1ccc(O[C@H]4C[C@@H](O)C[C@@H](C(=O)O)O4)cc1OCCOCCNC(=O)[C@H](CS(=O)(=O)O)NC(=O)CCCCCN1C(=O)C=CC1=O)(C3)C2)C(=CN)c1ccc(-c2ccc3c(c2)N(C(=O)Nc2nc4ccccc4s2)CCC3)nc1C(=O)O. The number of imide groups is 1. The first-order valence-electron chi connectivity index (χ1n) is 35.4. The topological polar surface area (TPSA) is 417 Å². The summed E-state index contributed by atoms with van der Waals surface area (Å²) in [7, 11) is -3.12. The third-order valence-electron chi connectivity index (χ3n) is 20.1. The molecule has 106 heavy (non-hydrogen) atoms. The second-order valence-electron chi connectivity index (χ2n) is 29.1. The summed E-state index contributed by atoms with van der Waals surface area (Å²) in [6.07, 6.45) is 7.21. The molecule has 0 spiro atoms. The number of pyridine rings is 1. The van der Waals surface area contributed by atoms with Gasteiger partial charge in [0.05, 0.1) is 47.4 Å². The summed E-state index contributed by atoms with van der Waals surface area (Å²) in [5.74, 6) is -5.67. The van der Waals surface area contributed by atoms with Gasteiger partial charge in [-0.15, -0.1) is 0 Å². The zero-order valence-corrected chi connectivity index (χ0v) is 61.2. The van der Waals surface area contributed by atoms with Crippen molar-refractivity contribution in [2.45, 2.75) is 147 Å². The number of carbonyl (C=O) groups is 8. The van der Waals surface area contributed by atoms with Crippen LogP contribution in [-0.2, 0) is 66.1 Å². The van der Waals surface area contributed by atoms with Gasteiger partial charge in [0, 0.05) is 117 Å². The molecule has 9 N–H and O–H groups in total. The molecule has 4 bridgehead atoms. The fraction of sp³-hybridized carbons (Fsp3) is 0.500. The van der Waals surface area contributed by atoms with Crippen molar-refractivity contribution < 1.29 is 95.1 Å². The number of likely N-dealkylation sites (N-methyl/N-ethyl adjacent to an activating group) is 1. The number of thiazole rings is 1. The minimum Gasteiger partial charge on any atom is -0.491 e. The number of aliphatic carboxylic acids is 1. The monoisotopic (exact) mass is 1500 g/mol. The van der Waals surface area contributed by atoms with Gasteiger partial charge in [-0.1, -0.05) is 55.9 Å². The van der Waals surface area contributed by atoms with E-state index >= 15 is 0 Å². The van der Waals surface area contributed by atoms with Crippen LogP contribution in [0.2, 0.25) is 0 Å². The number of allylic oxidation sites excluding steroid dienone is 1. The number of aromatic carboxylic acids is 1. The Hall–Kier alpha value is -9.44. The molecular weight excluding hydrogens is 1410 g/mol. The number of amides is 7. The summed E-state index contributed by atoms with van der Waals surface area (Å²) in [4.78, 5) is 121. The molecule has 568 valence electrons. The van der Waals surface area contributed by atoms with Crippen LogP contribution in [0, 0.1) is 16.2 Å². The Morgan fingerprint density at radius 2 is 1.66 bits per heavy atom. The van der Waals surface area contributed by atoms with Crippen molar-refractivity contribution in [3.05, 3.63) is 114 Å². The number of nitrogens with one attached hydrogen (secondary N) is 3. The lowest BCUT2D eigenvalue weighted by molar-refractivity contribution is -0.242. The molecular formula is C74H90N10O20S2. The number of anilines is 2. The molecule has 7 amide bonds. The number of aliphatic hydroxyl groups is 1. The molecule has 32 heteroatoms. The molecule has 1 saturated heterocycles. The van der Waals surface area contributed by atoms with Gasteiger partial charge < -0.3 is 65.0 Å². The van der Waals surface area contributed by atoms with Gasteiger partial charge in [-0.2, -0.15) is 8.42 Å². The van der Waals surface area contributed by atoms with Crippen LogP contribution >= 0.6 is 11.3 Å². The number of carbonyl (C=O) groups excluding carboxylic acids is 6. The number of aryl methyl sites for hydroxylation is 1. The number of nitrogens with zero attached hydrogens (tertiary/aromatic N) is 6. The molecule has 5 heterocycles. The number of rotatable bonds is 33.